The summed E-state index contributed by atoms with van der Waals surface area (Å²) in [6.45, 7) is 11.6. The van der Waals surface area contributed by atoms with Crippen LogP contribution in [0.1, 0.15) is 58.6 Å². The number of alkyl carbamates (subject to hydrolysis) is 1. The highest BCUT2D eigenvalue weighted by atomic mass is 127. The summed E-state index contributed by atoms with van der Waals surface area (Å²) < 4.78 is 5.43. The van der Waals surface area contributed by atoms with E-state index in [4.69, 9.17) is 4.74 Å². The molecule has 2 rings (SSSR count). The third-order valence-electron chi connectivity index (χ3n) is 5.83. The largest absolute Gasteiger partial charge is 0.444 e. The van der Waals surface area contributed by atoms with Crippen LogP contribution < -0.4 is 16.0 Å². The number of fused-ring (bicyclic) bond motifs is 1. The molecule has 9 heteroatoms. The number of carbonyl (C=O) groups is 2. The lowest BCUT2D eigenvalue weighted by Crippen LogP contribution is -2.57. The van der Waals surface area contributed by atoms with E-state index in [1.54, 1.807) is 7.05 Å². The molecule has 8 nitrogen and oxygen atoms in total. The van der Waals surface area contributed by atoms with E-state index in [9.17, 15) is 9.59 Å². The summed E-state index contributed by atoms with van der Waals surface area (Å²) in [4.78, 5) is 31.2. The van der Waals surface area contributed by atoms with Crippen molar-refractivity contribution in [1.82, 2.24) is 20.9 Å². The predicted molar refractivity (Wildman–Crippen MR) is 143 cm³/mol. The molecule has 1 aliphatic rings. The molecule has 1 aliphatic heterocycles. The van der Waals surface area contributed by atoms with Crippen LogP contribution in [0.2, 0.25) is 0 Å². The molecule has 0 unspecified atom stereocenters. The molecule has 0 saturated heterocycles. The van der Waals surface area contributed by atoms with Crippen LogP contribution in [0.3, 0.4) is 0 Å². The van der Waals surface area contributed by atoms with Crippen LogP contribution >= 0.6 is 24.0 Å². The van der Waals surface area contributed by atoms with Gasteiger partial charge in [0, 0.05) is 26.7 Å². The molecular weight excluding hydrogens is 533 g/mol. The maximum absolute atomic E-state index is 12.7. The van der Waals surface area contributed by atoms with Crippen molar-refractivity contribution in [2.45, 2.75) is 71.6 Å². The average molecular weight is 574 g/mol. The van der Waals surface area contributed by atoms with E-state index in [0.717, 1.165) is 25.8 Å². The van der Waals surface area contributed by atoms with Crippen LogP contribution in [-0.2, 0) is 22.5 Å². The average Bonchev–Trinajstić information content (AvgIpc) is 2.76. The van der Waals surface area contributed by atoms with Gasteiger partial charge in [0.15, 0.2) is 5.96 Å². The lowest BCUT2D eigenvalue weighted by atomic mass is 9.93. The smallest absolute Gasteiger partial charge is 0.408 e. The zero-order valence-corrected chi connectivity index (χ0v) is 23.1. The van der Waals surface area contributed by atoms with E-state index < -0.39 is 17.2 Å². The first-order chi connectivity index (χ1) is 15.1. The van der Waals surface area contributed by atoms with Crippen molar-refractivity contribution in [3.8, 4) is 0 Å². The van der Waals surface area contributed by atoms with Crippen LogP contribution in [0.15, 0.2) is 29.3 Å². The van der Waals surface area contributed by atoms with Crippen molar-refractivity contribution in [1.29, 1.82) is 0 Å². The Balaban J connectivity index is 0.00000544. The van der Waals surface area contributed by atoms with Crippen LogP contribution in [0.25, 0.3) is 0 Å². The van der Waals surface area contributed by atoms with Gasteiger partial charge >= 0.3 is 6.09 Å². The number of benzene rings is 1. The number of halogens is 1. The van der Waals surface area contributed by atoms with E-state index >= 15 is 0 Å². The van der Waals surface area contributed by atoms with E-state index in [2.05, 4.69) is 33.1 Å². The first-order valence-electron chi connectivity index (χ1n) is 11.4. The highest BCUT2D eigenvalue weighted by molar-refractivity contribution is 14.0. The van der Waals surface area contributed by atoms with Gasteiger partial charge in [0.1, 0.15) is 5.60 Å². The number of hydrogen-bond acceptors (Lipinski definition) is 4. The van der Waals surface area contributed by atoms with Gasteiger partial charge < -0.3 is 25.6 Å². The molecule has 1 heterocycles. The number of hydrogen-bond donors (Lipinski definition) is 3. The van der Waals surface area contributed by atoms with Crippen molar-refractivity contribution >= 4 is 41.9 Å². The molecule has 0 aromatic heterocycles. The van der Waals surface area contributed by atoms with Crippen LogP contribution in [0.4, 0.5) is 4.79 Å². The first kappa shape index (κ1) is 29.0. The van der Waals surface area contributed by atoms with Crippen LogP contribution in [0, 0.1) is 0 Å². The number of ether oxygens (including phenoxy) is 1. The fraction of sp³-hybridized carbons (Fsp3) is 0.625. The van der Waals surface area contributed by atoms with Gasteiger partial charge in [-0.3, -0.25) is 9.79 Å². The quantitative estimate of drug-likeness (QED) is 0.264. The Morgan fingerprint density at radius 3 is 2.30 bits per heavy atom. The van der Waals surface area contributed by atoms with Gasteiger partial charge in [0.2, 0.25) is 5.91 Å². The standard InChI is InChI=1S/C24H39N5O3.HI/c1-7-24(8-2,28-22(31)32-23(3,4)5)17-27-21(25-6)26-15-20(30)29-14-13-18-11-9-10-12-19(18)16-29;/h9-12H,7-8,13-17H2,1-6H3,(H,28,31)(H2,25,26,27);1H. The first-order valence-corrected chi connectivity index (χ1v) is 11.4. The summed E-state index contributed by atoms with van der Waals surface area (Å²) >= 11 is 0. The van der Waals surface area contributed by atoms with Gasteiger partial charge in [-0.05, 0) is 51.2 Å². The summed E-state index contributed by atoms with van der Waals surface area (Å²) in [5.74, 6) is 0.555. The molecule has 0 bridgehead atoms. The molecule has 1 aromatic rings. The van der Waals surface area contributed by atoms with Gasteiger partial charge in [-0.1, -0.05) is 38.1 Å². The van der Waals surface area contributed by atoms with Crippen LogP contribution in [-0.4, -0.2) is 60.7 Å². The van der Waals surface area contributed by atoms with Gasteiger partial charge in [-0.2, -0.15) is 0 Å². The lowest BCUT2D eigenvalue weighted by molar-refractivity contribution is -0.130. The second-order valence-corrected chi connectivity index (χ2v) is 9.23. The van der Waals surface area contributed by atoms with E-state index in [0.29, 0.717) is 19.0 Å². The number of guanidine groups is 1. The Labute approximate surface area is 215 Å². The topological polar surface area (TPSA) is 95.1 Å². The normalized spacial score (nSPS) is 14.0. The second-order valence-electron chi connectivity index (χ2n) is 9.23. The molecule has 0 atom stereocenters. The number of amides is 2. The molecule has 1 aromatic carbocycles. The third kappa shape index (κ3) is 9.02. The number of nitrogens with one attached hydrogen (secondary N) is 3. The molecule has 2 amide bonds. The minimum Gasteiger partial charge on any atom is -0.444 e. The SMILES string of the molecule is CCC(CC)(CNC(=NC)NCC(=O)N1CCc2ccccc2C1)NC(=O)OC(C)(C)C.I. The molecular formula is C24H40IN5O3. The molecule has 0 fully saturated rings. The Hall–Kier alpha value is -2.04. The lowest BCUT2D eigenvalue weighted by Gasteiger charge is -2.34. The monoisotopic (exact) mass is 573 g/mol. The minimum atomic E-state index is -0.558. The molecule has 33 heavy (non-hydrogen) atoms. The fourth-order valence-electron chi connectivity index (χ4n) is 3.69. The third-order valence-corrected chi connectivity index (χ3v) is 5.83. The van der Waals surface area contributed by atoms with Crippen molar-refractivity contribution in [3.05, 3.63) is 35.4 Å². The zero-order chi connectivity index (χ0) is 23.8. The summed E-state index contributed by atoms with van der Waals surface area (Å²) in [6, 6.07) is 8.25. The van der Waals surface area contributed by atoms with Crippen LogP contribution in [0.5, 0.6) is 0 Å². The number of nitrogens with zero attached hydrogens (tertiary/aromatic N) is 2. The molecule has 0 saturated carbocycles. The second kappa shape index (κ2) is 13.0. The van der Waals surface area contributed by atoms with Crippen molar-refractivity contribution in [3.63, 3.8) is 0 Å². The molecule has 0 aliphatic carbocycles. The highest BCUT2D eigenvalue weighted by Crippen LogP contribution is 2.18. The van der Waals surface area contributed by atoms with E-state index in [-0.39, 0.29) is 36.4 Å². The predicted octanol–water partition coefficient (Wildman–Crippen LogP) is 3.44. The van der Waals surface area contributed by atoms with Crippen molar-refractivity contribution < 1.29 is 14.3 Å². The molecule has 0 radical (unpaired) electrons. The van der Waals surface area contributed by atoms with E-state index in [1.165, 1.54) is 11.1 Å². The minimum absolute atomic E-state index is 0. The summed E-state index contributed by atoms with van der Waals surface area (Å²) in [5, 5.41) is 9.37. The Morgan fingerprint density at radius 1 is 1.09 bits per heavy atom. The highest BCUT2D eigenvalue weighted by Gasteiger charge is 2.31. The van der Waals surface area contributed by atoms with Crippen molar-refractivity contribution in [2.75, 3.05) is 26.7 Å². The van der Waals surface area contributed by atoms with Crippen molar-refractivity contribution in [2.24, 2.45) is 4.99 Å². The van der Waals surface area contributed by atoms with Gasteiger partial charge in [0.05, 0.1) is 12.1 Å². The molecule has 186 valence electrons. The fourth-order valence-corrected chi connectivity index (χ4v) is 3.69. The van der Waals surface area contributed by atoms with Gasteiger partial charge in [-0.25, -0.2) is 4.79 Å². The molecule has 3 N–H and O–H groups in total. The Bertz CT molecular complexity index is 819. The van der Waals surface area contributed by atoms with E-state index in [1.807, 2.05) is 51.7 Å². The number of rotatable bonds is 7. The van der Waals surface area contributed by atoms with Gasteiger partial charge in [-0.15, -0.1) is 24.0 Å². The van der Waals surface area contributed by atoms with Gasteiger partial charge in [0.25, 0.3) is 0 Å². The zero-order valence-electron chi connectivity index (χ0n) is 20.8. The summed E-state index contributed by atoms with van der Waals surface area (Å²) in [7, 11) is 1.66. The number of carbonyl (C=O) groups excluding carboxylic acids is 2. The maximum Gasteiger partial charge on any atom is 0.408 e. The Morgan fingerprint density at radius 2 is 1.73 bits per heavy atom. The Kier molecular flexibility index (Phi) is 11.4. The number of aliphatic imine (C=N–C) groups is 1. The summed E-state index contributed by atoms with van der Waals surface area (Å²) in [5.41, 5.74) is 1.48. The maximum atomic E-state index is 12.7. The molecule has 0 spiro atoms. The summed E-state index contributed by atoms with van der Waals surface area (Å²) in [6.07, 6.45) is 1.88.